The smallest absolute Gasteiger partial charge is 0.285 e. The van der Waals surface area contributed by atoms with Crippen molar-refractivity contribution in [2.45, 2.75) is 19.8 Å². The summed E-state index contributed by atoms with van der Waals surface area (Å²) >= 11 is 0. The molecule has 1 saturated heterocycles. The highest BCUT2D eigenvalue weighted by Gasteiger charge is 2.35. The average molecular weight is 232 g/mol. The molecule has 1 aromatic rings. The fourth-order valence-electron chi connectivity index (χ4n) is 1.89. The highest BCUT2D eigenvalue weighted by molar-refractivity contribution is 6.12. The number of carbonyl (C=O) groups is 2. The Labute approximate surface area is 101 Å². The second-order valence-corrected chi connectivity index (χ2v) is 4.10. The van der Waals surface area contributed by atoms with Crippen molar-refractivity contribution < 1.29 is 9.59 Å². The van der Waals surface area contributed by atoms with Gasteiger partial charge in [-0.1, -0.05) is 31.5 Å². The van der Waals surface area contributed by atoms with Crippen LogP contribution in [0.3, 0.4) is 0 Å². The predicted octanol–water partition coefficient (Wildman–Crippen LogP) is 2.26. The minimum atomic E-state index is -0.199. The quantitative estimate of drug-likeness (QED) is 0.747. The van der Waals surface area contributed by atoms with Crippen LogP contribution in [0, 0.1) is 0 Å². The number of amides is 3. The van der Waals surface area contributed by atoms with E-state index in [1.54, 1.807) is 0 Å². The van der Waals surface area contributed by atoms with Crippen LogP contribution in [-0.4, -0.2) is 29.9 Å². The summed E-state index contributed by atoms with van der Waals surface area (Å²) in [6.45, 7) is 2.73. The minimum Gasteiger partial charge on any atom is -0.285 e. The van der Waals surface area contributed by atoms with E-state index in [9.17, 15) is 9.59 Å². The van der Waals surface area contributed by atoms with Crippen molar-refractivity contribution in [1.82, 2.24) is 4.90 Å². The number of benzene rings is 1. The number of unbranched alkanes of at least 4 members (excludes halogenated alkanes) is 1. The summed E-state index contributed by atoms with van der Waals surface area (Å²) in [6.07, 6.45) is 1.84. The number of para-hydroxylation sites is 1. The van der Waals surface area contributed by atoms with Gasteiger partial charge in [-0.3, -0.25) is 14.6 Å². The Kier molecular flexibility index (Phi) is 3.42. The zero-order valence-corrected chi connectivity index (χ0v) is 9.93. The van der Waals surface area contributed by atoms with Gasteiger partial charge in [0.1, 0.15) is 6.54 Å². The Morgan fingerprint density at radius 2 is 1.88 bits per heavy atom. The van der Waals surface area contributed by atoms with E-state index in [0.717, 1.165) is 18.5 Å². The summed E-state index contributed by atoms with van der Waals surface area (Å²) in [5.41, 5.74) is 0.782. The summed E-state index contributed by atoms with van der Waals surface area (Å²) in [7, 11) is 0. The third-order valence-corrected chi connectivity index (χ3v) is 2.86. The third-order valence-electron chi connectivity index (χ3n) is 2.86. The average Bonchev–Trinajstić information content (AvgIpc) is 2.64. The van der Waals surface area contributed by atoms with Gasteiger partial charge in [0.15, 0.2) is 0 Å². The molecule has 1 aliphatic heterocycles. The molecular weight excluding hydrogens is 216 g/mol. The summed E-state index contributed by atoms with van der Waals surface area (Å²) in [6, 6.07) is 9.10. The van der Waals surface area contributed by atoms with Crippen LogP contribution >= 0.6 is 0 Å². The molecule has 1 aliphatic rings. The first-order chi connectivity index (χ1) is 8.24. The maximum atomic E-state index is 12.1. The molecule has 0 N–H and O–H groups in total. The molecule has 0 bridgehead atoms. The fourth-order valence-corrected chi connectivity index (χ4v) is 1.89. The first-order valence-corrected chi connectivity index (χ1v) is 5.91. The van der Waals surface area contributed by atoms with Crippen LogP contribution in [0.4, 0.5) is 10.5 Å². The molecule has 90 valence electrons. The number of hydrogen-bond donors (Lipinski definition) is 0. The van der Waals surface area contributed by atoms with Crippen LogP contribution in [0.1, 0.15) is 19.8 Å². The molecular formula is C13H16N2O2. The fraction of sp³-hybridized carbons (Fsp3) is 0.385. The molecule has 0 atom stereocenters. The van der Waals surface area contributed by atoms with Crippen molar-refractivity contribution in [3.63, 3.8) is 0 Å². The van der Waals surface area contributed by atoms with Crippen molar-refractivity contribution in [2.24, 2.45) is 0 Å². The number of imide groups is 1. The van der Waals surface area contributed by atoms with Crippen LogP contribution in [0.5, 0.6) is 0 Å². The SMILES string of the molecule is CCCCN1C(=O)CN(c2ccccc2)C1=O. The van der Waals surface area contributed by atoms with Gasteiger partial charge in [0, 0.05) is 12.2 Å². The molecule has 0 aliphatic carbocycles. The molecule has 1 aromatic carbocycles. The Balaban J connectivity index is 2.13. The van der Waals surface area contributed by atoms with Gasteiger partial charge >= 0.3 is 6.03 Å². The van der Waals surface area contributed by atoms with Gasteiger partial charge in [0.25, 0.3) is 5.91 Å². The van der Waals surface area contributed by atoms with E-state index in [-0.39, 0.29) is 18.5 Å². The van der Waals surface area contributed by atoms with E-state index in [0.29, 0.717) is 6.54 Å². The van der Waals surface area contributed by atoms with Gasteiger partial charge in [0.2, 0.25) is 0 Å². The normalized spacial score (nSPS) is 15.8. The van der Waals surface area contributed by atoms with E-state index >= 15 is 0 Å². The molecule has 0 saturated carbocycles. The van der Waals surface area contributed by atoms with Crippen molar-refractivity contribution >= 4 is 17.6 Å². The Bertz CT molecular complexity index is 417. The van der Waals surface area contributed by atoms with Crippen LogP contribution in [-0.2, 0) is 4.79 Å². The largest absolute Gasteiger partial charge is 0.331 e. The maximum Gasteiger partial charge on any atom is 0.331 e. The summed E-state index contributed by atoms with van der Waals surface area (Å²) in [4.78, 5) is 26.7. The first kappa shape index (κ1) is 11.6. The minimum absolute atomic E-state index is 0.104. The summed E-state index contributed by atoms with van der Waals surface area (Å²) in [5, 5.41) is 0. The van der Waals surface area contributed by atoms with Crippen molar-refractivity contribution in [1.29, 1.82) is 0 Å². The number of rotatable bonds is 4. The lowest BCUT2D eigenvalue weighted by Crippen LogP contribution is -2.33. The molecule has 4 heteroatoms. The van der Waals surface area contributed by atoms with E-state index < -0.39 is 0 Å². The zero-order chi connectivity index (χ0) is 12.3. The number of anilines is 1. The molecule has 4 nitrogen and oxygen atoms in total. The van der Waals surface area contributed by atoms with Crippen LogP contribution in [0.15, 0.2) is 30.3 Å². The first-order valence-electron chi connectivity index (χ1n) is 5.91. The summed E-state index contributed by atoms with van der Waals surface area (Å²) in [5.74, 6) is -0.104. The molecule has 17 heavy (non-hydrogen) atoms. The summed E-state index contributed by atoms with van der Waals surface area (Å²) < 4.78 is 0. The topological polar surface area (TPSA) is 40.6 Å². The molecule has 3 amide bonds. The van der Waals surface area contributed by atoms with Gasteiger partial charge in [-0.15, -0.1) is 0 Å². The number of nitrogens with zero attached hydrogens (tertiary/aromatic N) is 2. The monoisotopic (exact) mass is 232 g/mol. The Morgan fingerprint density at radius 1 is 1.18 bits per heavy atom. The lowest BCUT2D eigenvalue weighted by Gasteiger charge is -2.16. The standard InChI is InChI=1S/C13H16N2O2/c1-2-3-9-14-12(16)10-15(13(14)17)11-7-5-4-6-8-11/h4-8H,2-3,9-10H2,1H3. The highest BCUT2D eigenvalue weighted by Crippen LogP contribution is 2.20. The molecule has 0 radical (unpaired) electrons. The molecule has 1 heterocycles. The number of carbonyl (C=O) groups excluding carboxylic acids is 2. The van der Waals surface area contributed by atoms with E-state index in [1.807, 2.05) is 37.3 Å². The molecule has 0 unspecified atom stereocenters. The second kappa shape index (κ2) is 4.99. The number of hydrogen-bond acceptors (Lipinski definition) is 2. The molecule has 2 rings (SSSR count). The highest BCUT2D eigenvalue weighted by atomic mass is 16.2. The Hall–Kier alpha value is -1.84. The molecule has 0 aromatic heterocycles. The van der Waals surface area contributed by atoms with E-state index in [2.05, 4.69) is 0 Å². The van der Waals surface area contributed by atoms with Crippen LogP contribution < -0.4 is 4.90 Å². The van der Waals surface area contributed by atoms with Gasteiger partial charge in [-0.05, 0) is 18.6 Å². The lowest BCUT2D eigenvalue weighted by atomic mass is 10.3. The Morgan fingerprint density at radius 3 is 2.53 bits per heavy atom. The molecule has 1 fully saturated rings. The van der Waals surface area contributed by atoms with Gasteiger partial charge in [-0.2, -0.15) is 0 Å². The van der Waals surface area contributed by atoms with Crippen LogP contribution in [0.2, 0.25) is 0 Å². The lowest BCUT2D eigenvalue weighted by molar-refractivity contribution is -0.124. The molecule has 0 spiro atoms. The maximum absolute atomic E-state index is 12.1. The second-order valence-electron chi connectivity index (χ2n) is 4.10. The van der Waals surface area contributed by atoms with Crippen molar-refractivity contribution in [3.05, 3.63) is 30.3 Å². The van der Waals surface area contributed by atoms with E-state index in [4.69, 9.17) is 0 Å². The zero-order valence-electron chi connectivity index (χ0n) is 9.93. The van der Waals surface area contributed by atoms with Crippen molar-refractivity contribution in [2.75, 3.05) is 18.0 Å². The predicted molar refractivity (Wildman–Crippen MR) is 65.8 cm³/mol. The van der Waals surface area contributed by atoms with Gasteiger partial charge in [-0.25, -0.2) is 4.79 Å². The van der Waals surface area contributed by atoms with Crippen molar-refractivity contribution in [3.8, 4) is 0 Å². The third kappa shape index (κ3) is 2.30. The van der Waals surface area contributed by atoms with Gasteiger partial charge < -0.3 is 0 Å². The number of urea groups is 1. The van der Waals surface area contributed by atoms with E-state index in [1.165, 1.54) is 9.80 Å². The van der Waals surface area contributed by atoms with Gasteiger partial charge in [0.05, 0.1) is 0 Å². The van der Waals surface area contributed by atoms with Crippen LogP contribution in [0.25, 0.3) is 0 Å².